The molecule has 2 heterocycles. The van der Waals surface area contributed by atoms with Crippen LogP contribution in [-0.4, -0.2) is 50.4 Å². The molecule has 1 aliphatic heterocycles. The number of carbonyl (C=O) groups excluding carboxylic acids is 1. The van der Waals surface area contributed by atoms with Crippen LogP contribution in [0.2, 0.25) is 0 Å². The molecule has 0 spiro atoms. The van der Waals surface area contributed by atoms with E-state index in [0.29, 0.717) is 24.3 Å². The first-order valence-electron chi connectivity index (χ1n) is 6.74. The predicted molar refractivity (Wildman–Crippen MR) is 81.4 cm³/mol. The number of rotatable bonds is 4. The summed E-state index contributed by atoms with van der Waals surface area (Å²) < 4.78 is 25.6. The molecule has 0 saturated carbocycles. The summed E-state index contributed by atoms with van der Waals surface area (Å²) in [6.07, 6.45) is 1.14. The first-order chi connectivity index (χ1) is 10.2. The molecular weight excluding hydrogens is 328 g/mol. The molecule has 0 aliphatic carbocycles. The molecule has 7 nitrogen and oxygen atoms in total. The minimum Gasteiger partial charge on any atom is -0.481 e. The summed E-state index contributed by atoms with van der Waals surface area (Å²) >= 11 is 1.04. The second kappa shape index (κ2) is 5.98. The molecule has 9 heteroatoms. The second-order valence-electron chi connectivity index (χ2n) is 5.55. The molecule has 1 amide bonds. The van der Waals surface area contributed by atoms with Crippen molar-refractivity contribution in [1.82, 2.24) is 9.62 Å². The number of hydrogen-bond acceptors (Lipinski definition) is 5. The van der Waals surface area contributed by atoms with Gasteiger partial charge in [-0.3, -0.25) is 9.59 Å². The van der Waals surface area contributed by atoms with Crippen LogP contribution < -0.4 is 4.72 Å². The lowest BCUT2D eigenvalue weighted by molar-refractivity contribution is -0.150. The van der Waals surface area contributed by atoms with Crippen LogP contribution in [-0.2, 0) is 14.8 Å². The molecule has 122 valence electrons. The zero-order valence-corrected chi connectivity index (χ0v) is 14.0. The van der Waals surface area contributed by atoms with E-state index in [9.17, 15) is 23.1 Å². The lowest BCUT2D eigenvalue weighted by Crippen LogP contribution is -2.48. The lowest BCUT2D eigenvalue weighted by Gasteiger charge is -2.37. The Morgan fingerprint density at radius 1 is 1.45 bits per heavy atom. The first kappa shape index (κ1) is 16.9. The van der Waals surface area contributed by atoms with Crippen molar-refractivity contribution in [3.8, 4) is 0 Å². The predicted octanol–water partition coefficient (Wildman–Crippen LogP) is 0.983. The van der Waals surface area contributed by atoms with Crippen LogP contribution >= 0.6 is 11.3 Å². The van der Waals surface area contributed by atoms with E-state index in [-0.39, 0.29) is 17.3 Å². The van der Waals surface area contributed by atoms with Crippen molar-refractivity contribution in [2.75, 3.05) is 20.1 Å². The summed E-state index contributed by atoms with van der Waals surface area (Å²) in [4.78, 5) is 25.6. The van der Waals surface area contributed by atoms with Crippen molar-refractivity contribution in [2.24, 2.45) is 5.41 Å². The number of nitrogens with zero attached hydrogens (tertiary/aromatic N) is 1. The summed E-state index contributed by atoms with van der Waals surface area (Å²) in [5.41, 5.74) is -0.953. The van der Waals surface area contributed by atoms with Crippen LogP contribution in [0.1, 0.15) is 29.4 Å². The maximum Gasteiger partial charge on any atom is 0.311 e. The van der Waals surface area contributed by atoms with Gasteiger partial charge in [-0.05, 0) is 32.9 Å². The molecule has 0 bridgehead atoms. The van der Waals surface area contributed by atoms with Crippen molar-refractivity contribution in [3.05, 3.63) is 16.3 Å². The number of carboxylic acid groups (broad SMARTS) is 1. The lowest BCUT2D eigenvalue weighted by atomic mass is 9.82. The average molecular weight is 346 g/mol. The number of amides is 1. The number of carboxylic acids is 1. The number of carbonyl (C=O) groups is 2. The quantitative estimate of drug-likeness (QED) is 0.846. The van der Waals surface area contributed by atoms with Gasteiger partial charge < -0.3 is 10.0 Å². The Labute approximate surface area is 133 Å². The highest BCUT2D eigenvalue weighted by Crippen LogP contribution is 2.31. The third-order valence-electron chi connectivity index (χ3n) is 3.87. The van der Waals surface area contributed by atoms with Crippen molar-refractivity contribution in [2.45, 2.75) is 24.7 Å². The molecular formula is C13H18N2O5S2. The highest BCUT2D eigenvalue weighted by molar-refractivity contribution is 7.89. The molecule has 1 fully saturated rings. The largest absolute Gasteiger partial charge is 0.481 e. The van der Waals surface area contributed by atoms with E-state index in [1.54, 1.807) is 6.92 Å². The molecule has 1 aliphatic rings. The van der Waals surface area contributed by atoms with Crippen molar-refractivity contribution >= 4 is 33.2 Å². The van der Waals surface area contributed by atoms with Gasteiger partial charge in [0, 0.05) is 18.5 Å². The average Bonchev–Trinajstić information content (AvgIpc) is 2.97. The summed E-state index contributed by atoms with van der Waals surface area (Å²) in [6.45, 7) is 2.24. The van der Waals surface area contributed by atoms with Crippen LogP contribution in [0.4, 0.5) is 0 Å². The fourth-order valence-electron chi connectivity index (χ4n) is 2.43. The Morgan fingerprint density at radius 2 is 2.14 bits per heavy atom. The zero-order chi connectivity index (χ0) is 16.5. The summed E-state index contributed by atoms with van der Waals surface area (Å²) in [5.74, 6) is -1.25. The van der Waals surface area contributed by atoms with Gasteiger partial charge in [0.05, 0.1) is 15.2 Å². The molecule has 1 aromatic heterocycles. The molecule has 2 rings (SSSR count). The Hall–Kier alpha value is -1.45. The van der Waals surface area contributed by atoms with E-state index >= 15 is 0 Å². The van der Waals surface area contributed by atoms with Gasteiger partial charge in [-0.2, -0.15) is 0 Å². The van der Waals surface area contributed by atoms with E-state index in [0.717, 1.165) is 11.3 Å². The summed E-state index contributed by atoms with van der Waals surface area (Å²) in [6, 6.07) is 1.32. The third-order valence-corrected chi connectivity index (χ3v) is 6.33. The number of sulfonamides is 1. The van der Waals surface area contributed by atoms with Crippen LogP contribution in [0.5, 0.6) is 0 Å². The maximum absolute atomic E-state index is 12.5. The van der Waals surface area contributed by atoms with E-state index in [2.05, 4.69) is 4.72 Å². The van der Waals surface area contributed by atoms with E-state index in [4.69, 9.17) is 0 Å². The fourth-order valence-corrected chi connectivity index (χ4v) is 4.40. The van der Waals surface area contributed by atoms with Crippen molar-refractivity contribution in [1.29, 1.82) is 0 Å². The van der Waals surface area contributed by atoms with E-state index < -0.39 is 21.4 Å². The number of piperidine rings is 1. The first-order valence-corrected chi connectivity index (χ1v) is 9.11. The number of hydrogen-bond donors (Lipinski definition) is 2. The number of thiophene rings is 1. The molecule has 0 radical (unpaired) electrons. The molecule has 22 heavy (non-hydrogen) atoms. The second-order valence-corrected chi connectivity index (χ2v) is 8.35. The smallest absolute Gasteiger partial charge is 0.311 e. The standard InChI is InChI=1S/C13H18N2O5S2/c1-13(12(17)18)4-3-5-15(8-13)11(16)10-6-9(7-21-10)22(19,20)14-2/h6-7,14H,3-5,8H2,1-2H3,(H,17,18). The Kier molecular flexibility index (Phi) is 4.59. The normalized spacial score (nSPS) is 22.5. The molecule has 1 aromatic rings. The number of nitrogens with one attached hydrogen (secondary N) is 1. The molecule has 1 unspecified atom stereocenters. The minimum absolute atomic E-state index is 0.0429. The van der Waals surface area contributed by atoms with Gasteiger partial charge >= 0.3 is 5.97 Å². The zero-order valence-electron chi connectivity index (χ0n) is 12.3. The molecule has 2 N–H and O–H groups in total. The monoisotopic (exact) mass is 346 g/mol. The van der Waals surface area contributed by atoms with Gasteiger partial charge in [0.2, 0.25) is 10.0 Å². The molecule has 1 saturated heterocycles. The fraction of sp³-hybridized carbons (Fsp3) is 0.538. The topological polar surface area (TPSA) is 104 Å². The SMILES string of the molecule is CNS(=O)(=O)c1csc(C(=O)N2CCCC(C)(C(=O)O)C2)c1. The highest BCUT2D eigenvalue weighted by Gasteiger charge is 2.39. The summed E-state index contributed by atoms with van der Waals surface area (Å²) in [7, 11) is -2.28. The number of aliphatic carboxylic acids is 1. The third kappa shape index (κ3) is 3.16. The number of likely N-dealkylation sites (tertiary alicyclic amines) is 1. The Bertz CT molecular complexity index is 697. The van der Waals surface area contributed by atoms with Gasteiger partial charge in [-0.25, -0.2) is 13.1 Å². The van der Waals surface area contributed by atoms with Crippen LogP contribution in [0.15, 0.2) is 16.3 Å². The van der Waals surface area contributed by atoms with Crippen molar-refractivity contribution < 1.29 is 23.1 Å². The maximum atomic E-state index is 12.5. The Balaban J connectivity index is 2.20. The highest BCUT2D eigenvalue weighted by atomic mass is 32.2. The van der Waals surface area contributed by atoms with Gasteiger partial charge in [0.15, 0.2) is 0 Å². The van der Waals surface area contributed by atoms with E-state index in [1.807, 2.05) is 0 Å². The van der Waals surface area contributed by atoms with E-state index in [1.165, 1.54) is 23.4 Å². The minimum atomic E-state index is -3.58. The molecule has 1 atom stereocenters. The molecule has 0 aromatic carbocycles. The van der Waals surface area contributed by atoms with Gasteiger partial charge in [0.1, 0.15) is 0 Å². The Morgan fingerprint density at radius 3 is 2.73 bits per heavy atom. The van der Waals surface area contributed by atoms with Crippen LogP contribution in [0.25, 0.3) is 0 Å². The van der Waals surface area contributed by atoms with Gasteiger partial charge in [-0.1, -0.05) is 0 Å². The van der Waals surface area contributed by atoms with Gasteiger partial charge in [0.25, 0.3) is 5.91 Å². The van der Waals surface area contributed by atoms with Gasteiger partial charge in [-0.15, -0.1) is 11.3 Å². The van der Waals surface area contributed by atoms with Crippen molar-refractivity contribution in [3.63, 3.8) is 0 Å². The summed E-state index contributed by atoms with van der Waals surface area (Å²) in [5, 5.41) is 10.7. The van der Waals surface area contributed by atoms with Crippen LogP contribution in [0.3, 0.4) is 0 Å². The van der Waals surface area contributed by atoms with Crippen LogP contribution in [0, 0.1) is 5.41 Å².